The number of hydrogen-bond acceptors (Lipinski definition) is 7. The van der Waals surface area contributed by atoms with Crippen LogP contribution in [0.3, 0.4) is 0 Å². The third kappa shape index (κ3) is 5.15. The molecule has 0 fully saturated rings. The molecule has 0 N–H and O–H groups in total. The van der Waals surface area contributed by atoms with E-state index >= 15 is 0 Å². The van der Waals surface area contributed by atoms with E-state index < -0.39 is 5.97 Å². The Morgan fingerprint density at radius 2 is 1.93 bits per heavy atom. The minimum atomic E-state index is -0.454. The molecule has 1 aromatic carbocycles. The summed E-state index contributed by atoms with van der Waals surface area (Å²) in [5.74, 6) is 0.836. The lowest BCUT2D eigenvalue weighted by atomic mass is 10.2. The summed E-state index contributed by atoms with van der Waals surface area (Å²) in [5, 5.41) is 2.65. The first-order chi connectivity index (χ1) is 13.2. The van der Waals surface area contributed by atoms with Crippen LogP contribution in [-0.4, -0.2) is 30.2 Å². The molecule has 0 aliphatic heterocycles. The predicted molar refractivity (Wildman–Crippen MR) is 104 cm³/mol. The predicted octanol–water partition coefficient (Wildman–Crippen LogP) is 3.98. The lowest BCUT2D eigenvalue weighted by Gasteiger charge is -2.05. The van der Waals surface area contributed by atoms with Crippen molar-refractivity contribution < 1.29 is 19.0 Å². The SMILES string of the molecule is COc1cc(/C=C/C(=O)OCc2csc(-c3ccccn3)n2)cc(OC)c1. The van der Waals surface area contributed by atoms with Crippen LogP contribution in [0.25, 0.3) is 16.8 Å². The van der Waals surface area contributed by atoms with Gasteiger partial charge in [0.1, 0.15) is 23.1 Å². The monoisotopic (exact) mass is 382 g/mol. The summed E-state index contributed by atoms with van der Waals surface area (Å²) < 4.78 is 15.7. The molecular formula is C20H18N2O4S. The van der Waals surface area contributed by atoms with Gasteiger partial charge in [-0.15, -0.1) is 11.3 Å². The van der Waals surface area contributed by atoms with Gasteiger partial charge in [-0.2, -0.15) is 0 Å². The van der Waals surface area contributed by atoms with Crippen LogP contribution in [0.1, 0.15) is 11.3 Å². The molecule has 6 nitrogen and oxygen atoms in total. The largest absolute Gasteiger partial charge is 0.497 e. The van der Waals surface area contributed by atoms with E-state index in [-0.39, 0.29) is 6.61 Å². The van der Waals surface area contributed by atoms with Crippen LogP contribution in [0.5, 0.6) is 11.5 Å². The average Bonchev–Trinajstić information content (AvgIpc) is 3.20. The number of carbonyl (C=O) groups excluding carboxylic acids is 1. The molecule has 0 aliphatic rings. The van der Waals surface area contributed by atoms with Crippen molar-refractivity contribution in [1.29, 1.82) is 0 Å². The Balaban J connectivity index is 1.59. The van der Waals surface area contributed by atoms with Crippen LogP contribution >= 0.6 is 11.3 Å². The molecule has 0 atom stereocenters. The van der Waals surface area contributed by atoms with Gasteiger partial charge in [0, 0.05) is 23.7 Å². The van der Waals surface area contributed by atoms with Gasteiger partial charge in [0.25, 0.3) is 0 Å². The van der Waals surface area contributed by atoms with E-state index in [1.165, 1.54) is 17.4 Å². The molecule has 0 radical (unpaired) electrons. The number of pyridine rings is 1. The van der Waals surface area contributed by atoms with E-state index in [2.05, 4.69) is 9.97 Å². The van der Waals surface area contributed by atoms with E-state index in [1.807, 2.05) is 23.6 Å². The van der Waals surface area contributed by atoms with E-state index in [0.29, 0.717) is 17.2 Å². The highest BCUT2D eigenvalue weighted by molar-refractivity contribution is 7.13. The van der Waals surface area contributed by atoms with Crippen molar-refractivity contribution in [2.75, 3.05) is 14.2 Å². The van der Waals surface area contributed by atoms with Crippen LogP contribution in [-0.2, 0) is 16.1 Å². The molecule has 2 heterocycles. The molecule has 2 aromatic heterocycles. The Bertz CT molecular complexity index is 916. The highest BCUT2D eigenvalue weighted by Crippen LogP contribution is 2.24. The van der Waals surface area contributed by atoms with Gasteiger partial charge in [-0.1, -0.05) is 6.07 Å². The third-order valence-corrected chi connectivity index (χ3v) is 4.50. The molecule has 7 heteroatoms. The number of carbonyl (C=O) groups is 1. The summed E-state index contributed by atoms with van der Waals surface area (Å²) in [4.78, 5) is 20.7. The minimum Gasteiger partial charge on any atom is -0.497 e. The van der Waals surface area contributed by atoms with Crippen molar-refractivity contribution in [2.45, 2.75) is 6.61 Å². The topological polar surface area (TPSA) is 70.5 Å². The van der Waals surface area contributed by atoms with Gasteiger partial charge in [-0.25, -0.2) is 9.78 Å². The van der Waals surface area contributed by atoms with Crippen molar-refractivity contribution in [3.8, 4) is 22.2 Å². The van der Waals surface area contributed by atoms with E-state index in [1.54, 1.807) is 44.7 Å². The summed E-state index contributed by atoms with van der Waals surface area (Å²) >= 11 is 1.46. The molecule has 3 rings (SSSR count). The number of methoxy groups -OCH3 is 2. The molecule has 0 saturated heterocycles. The van der Waals surface area contributed by atoms with Gasteiger partial charge in [0.05, 0.1) is 25.6 Å². The van der Waals surface area contributed by atoms with E-state index in [4.69, 9.17) is 14.2 Å². The zero-order valence-corrected chi connectivity index (χ0v) is 15.7. The summed E-state index contributed by atoms with van der Waals surface area (Å²) in [6.07, 6.45) is 4.72. The number of ether oxygens (including phenoxy) is 3. The molecule has 3 aromatic rings. The second-order valence-corrected chi connectivity index (χ2v) is 6.30. The van der Waals surface area contributed by atoms with Crippen molar-refractivity contribution in [3.05, 3.63) is 65.3 Å². The Morgan fingerprint density at radius 3 is 2.59 bits per heavy atom. The van der Waals surface area contributed by atoms with Crippen molar-refractivity contribution in [2.24, 2.45) is 0 Å². The van der Waals surface area contributed by atoms with E-state index in [0.717, 1.165) is 16.3 Å². The fourth-order valence-electron chi connectivity index (χ4n) is 2.26. The summed E-state index contributed by atoms with van der Waals surface area (Å²) in [6.45, 7) is 0.105. The number of esters is 1. The third-order valence-electron chi connectivity index (χ3n) is 3.58. The fourth-order valence-corrected chi connectivity index (χ4v) is 3.04. The molecular weight excluding hydrogens is 364 g/mol. The highest BCUT2D eigenvalue weighted by Gasteiger charge is 2.07. The molecule has 0 unspecified atom stereocenters. The number of thiazole rings is 1. The van der Waals surface area contributed by atoms with Crippen LogP contribution in [0.2, 0.25) is 0 Å². The zero-order chi connectivity index (χ0) is 19.1. The number of rotatable bonds is 7. The molecule has 0 amide bonds. The smallest absolute Gasteiger partial charge is 0.331 e. The Labute approximate surface area is 161 Å². The maximum Gasteiger partial charge on any atom is 0.331 e. The Morgan fingerprint density at radius 1 is 1.15 bits per heavy atom. The Hall–Kier alpha value is -3.19. The molecule has 138 valence electrons. The lowest BCUT2D eigenvalue weighted by Crippen LogP contribution is -2.01. The van der Waals surface area contributed by atoms with E-state index in [9.17, 15) is 4.79 Å². The standard InChI is InChI=1S/C20H18N2O4S/c1-24-16-9-14(10-17(11-16)25-2)6-7-19(23)26-12-15-13-27-20(22-15)18-5-3-4-8-21-18/h3-11,13H,12H2,1-2H3/b7-6+. The Kier molecular flexibility index (Phi) is 6.17. The van der Waals surface area contributed by atoms with Crippen LogP contribution in [0.4, 0.5) is 0 Å². The van der Waals surface area contributed by atoms with Crippen LogP contribution < -0.4 is 9.47 Å². The van der Waals surface area contributed by atoms with Crippen LogP contribution in [0, 0.1) is 0 Å². The second kappa shape index (κ2) is 8.95. The van der Waals surface area contributed by atoms with Gasteiger partial charge in [-0.05, 0) is 35.9 Å². The first-order valence-corrected chi connectivity index (χ1v) is 8.99. The summed E-state index contributed by atoms with van der Waals surface area (Å²) in [6, 6.07) is 11.0. The number of benzene rings is 1. The summed E-state index contributed by atoms with van der Waals surface area (Å²) in [5.41, 5.74) is 2.26. The summed E-state index contributed by atoms with van der Waals surface area (Å²) in [7, 11) is 3.15. The normalized spacial score (nSPS) is 10.7. The van der Waals surface area contributed by atoms with Crippen LogP contribution in [0.15, 0.2) is 54.1 Å². The first kappa shape index (κ1) is 18.6. The molecule has 0 spiro atoms. The van der Waals surface area contributed by atoms with Gasteiger partial charge >= 0.3 is 5.97 Å². The van der Waals surface area contributed by atoms with Crippen molar-refractivity contribution in [1.82, 2.24) is 9.97 Å². The molecule has 0 aliphatic carbocycles. The van der Waals surface area contributed by atoms with Gasteiger partial charge in [-0.3, -0.25) is 4.98 Å². The zero-order valence-electron chi connectivity index (χ0n) is 14.9. The maximum absolute atomic E-state index is 12.0. The van der Waals surface area contributed by atoms with Gasteiger partial charge in [0.15, 0.2) is 0 Å². The highest BCUT2D eigenvalue weighted by atomic mass is 32.1. The molecule has 0 saturated carbocycles. The average molecular weight is 382 g/mol. The van der Waals surface area contributed by atoms with Gasteiger partial charge < -0.3 is 14.2 Å². The fraction of sp³-hybridized carbons (Fsp3) is 0.150. The van der Waals surface area contributed by atoms with Gasteiger partial charge in [0.2, 0.25) is 0 Å². The van der Waals surface area contributed by atoms with Crippen molar-refractivity contribution in [3.63, 3.8) is 0 Å². The second-order valence-electron chi connectivity index (χ2n) is 5.45. The molecule has 27 heavy (non-hydrogen) atoms. The number of hydrogen-bond donors (Lipinski definition) is 0. The molecule has 0 bridgehead atoms. The number of nitrogens with zero attached hydrogens (tertiary/aromatic N) is 2. The van der Waals surface area contributed by atoms with Crippen molar-refractivity contribution >= 4 is 23.4 Å². The number of aromatic nitrogens is 2. The minimum absolute atomic E-state index is 0.105. The lowest BCUT2D eigenvalue weighted by molar-refractivity contribution is -0.139. The quantitative estimate of drug-likeness (QED) is 0.455. The first-order valence-electron chi connectivity index (χ1n) is 8.11. The maximum atomic E-state index is 12.0.